The van der Waals surface area contributed by atoms with Gasteiger partial charge in [-0.3, -0.25) is 9.78 Å². The fourth-order valence-corrected chi connectivity index (χ4v) is 3.60. The molecule has 0 atom stereocenters. The second-order valence-corrected chi connectivity index (χ2v) is 8.03. The molecule has 7 heteroatoms. The number of alkyl halides is 2. The zero-order valence-electron chi connectivity index (χ0n) is 14.6. The number of hydrogen-bond acceptors (Lipinski definition) is 4. The predicted molar refractivity (Wildman–Crippen MR) is 101 cm³/mol. The fourth-order valence-electron chi connectivity index (χ4n) is 2.56. The van der Waals surface area contributed by atoms with Gasteiger partial charge in [0.25, 0.3) is 0 Å². The number of fused-ring (bicyclic) bond motifs is 1. The van der Waals surface area contributed by atoms with E-state index in [0.717, 1.165) is 21.4 Å². The lowest BCUT2D eigenvalue weighted by molar-refractivity contribution is -0.138. The summed E-state index contributed by atoms with van der Waals surface area (Å²) in [5.41, 5.74) is 2.24. The molecule has 3 aromatic rings. The number of benzene rings is 2. The molecule has 0 spiro atoms. The average Bonchev–Trinajstić information content (AvgIpc) is 2.61. The lowest BCUT2D eigenvalue weighted by atomic mass is 10.0. The Balaban J connectivity index is 2.04. The van der Waals surface area contributed by atoms with Crippen molar-refractivity contribution in [1.29, 1.82) is 0 Å². The van der Waals surface area contributed by atoms with Crippen LogP contribution in [0.15, 0.2) is 59.6 Å². The first-order valence-corrected chi connectivity index (χ1v) is 8.94. The van der Waals surface area contributed by atoms with Crippen LogP contribution in [-0.2, 0) is 4.79 Å². The Kier molecular flexibility index (Phi) is 5.32. The predicted octanol–water partition coefficient (Wildman–Crippen LogP) is 5.46. The highest BCUT2D eigenvalue weighted by molar-refractivity contribution is 8.01. The van der Waals surface area contributed by atoms with Crippen LogP contribution in [0.3, 0.4) is 0 Å². The van der Waals surface area contributed by atoms with E-state index in [-0.39, 0.29) is 5.75 Å². The van der Waals surface area contributed by atoms with E-state index in [1.807, 2.05) is 18.2 Å². The molecular formula is C20H17F2NO3S. The second kappa shape index (κ2) is 7.52. The van der Waals surface area contributed by atoms with Gasteiger partial charge in [-0.25, -0.2) is 0 Å². The van der Waals surface area contributed by atoms with Crippen LogP contribution < -0.4 is 4.74 Å². The van der Waals surface area contributed by atoms with Gasteiger partial charge < -0.3 is 9.84 Å². The molecule has 0 saturated heterocycles. The number of rotatable bonds is 6. The lowest BCUT2D eigenvalue weighted by Gasteiger charge is -2.19. The number of pyridine rings is 1. The third kappa shape index (κ3) is 4.36. The molecule has 0 aliphatic carbocycles. The number of carboxylic acid groups (broad SMARTS) is 1. The Morgan fingerprint density at radius 3 is 2.59 bits per heavy atom. The molecule has 0 amide bonds. The molecule has 0 bridgehead atoms. The summed E-state index contributed by atoms with van der Waals surface area (Å²) < 4.78 is 28.4. The molecule has 0 radical (unpaired) electrons. The third-order valence-electron chi connectivity index (χ3n) is 3.97. The number of nitrogens with zero attached hydrogens (tertiary/aromatic N) is 1. The van der Waals surface area contributed by atoms with Crippen molar-refractivity contribution in [1.82, 2.24) is 4.98 Å². The van der Waals surface area contributed by atoms with Crippen molar-refractivity contribution in [3.63, 3.8) is 0 Å². The Bertz CT molecular complexity index is 992. The van der Waals surface area contributed by atoms with Gasteiger partial charge in [-0.2, -0.15) is 8.78 Å². The van der Waals surface area contributed by atoms with Gasteiger partial charge in [-0.1, -0.05) is 18.2 Å². The summed E-state index contributed by atoms with van der Waals surface area (Å²) >= 11 is 1.24. The van der Waals surface area contributed by atoms with Crippen LogP contribution in [0.2, 0.25) is 0 Å². The van der Waals surface area contributed by atoms with Crippen LogP contribution in [-0.4, -0.2) is 27.4 Å². The van der Waals surface area contributed by atoms with E-state index in [9.17, 15) is 18.7 Å². The smallest absolute Gasteiger partial charge is 0.387 e. The number of aliphatic carboxylic acids is 1. The first kappa shape index (κ1) is 19.1. The Morgan fingerprint density at radius 2 is 1.89 bits per heavy atom. The summed E-state index contributed by atoms with van der Waals surface area (Å²) in [6.45, 7) is 0.394. The number of carboxylic acids is 1. The van der Waals surface area contributed by atoms with Gasteiger partial charge in [0.05, 0.1) is 5.52 Å². The third-order valence-corrected chi connectivity index (χ3v) is 5.24. The van der Waals surface area contributed by atoms with E-state index < -0.39 is 17.3 Å². The molecule has 1 aromatic heterocycles. The Hall–Kier alpha value is -2.67. The highest BCUT2D eigenvalue weighted by Crippen LogP contribution is 2.38. The summed E-state index contributed by atoms with van der Waals surface area (Å²) in [6.07, 6.45) is 1.64. The normalized spacial score (nSPS) is 11.7. The van der Waals surface area contributed by atoms with Crippen molar-refractivity contribution in [3.05, 3.63) is 54.7 Å². The molecule has 0 fully saturated rings. The minimum atomic E-state index is -2.89. The summed E-state index contributed by atoms with van der Waals surface area (Å²) in [5, 5.41) is 10.2. The van der Waals surface area contributed by atoms with Crippen LogP contribution >= 0.6 is 11.8 Å². The number of hydrogen-bond donors (Lipinski definition) is 1. The molecule has 0 unspecified atom stereocenters. The minimum absolute atomic E-state index is 0.0791. The van der Waals surface area contributed by atoms with Crippen molar-refractivity contribution in [2.24, 2.45) is 0 Å². The average molecular weight is 389 g/mol. The van der Waals surface area contributed by atoms with Gasteiger partial charge in [0.1, 0.15) is 10.5 Å². The maximum Gasteiger partial charge on any atom is 0.387 e. The molecule has 1 N–H and O–H groups in total. The second-order valence-electron chi connectivity index (χ2n) is 6.36. The molecule has 4 nitrogen and oxygen atoms in total. The van der Waals surface area contributed by atoms with Crippen LogP contribution in [0.5, 0.6) is 5.75 Å². The summed E-state index contributed by atoms with van der Waals surface area (Å²) in [5.74, 6) is -0.833. The maximum atomic E-state index is 12.5. The van der Waals surface area contributed by atoms with E-state index in [1.54, 1.807) is 38.2 Å². The van der Waals surface area contributed by atoms with Crippen LogP contribution in [0.1, 0.15) is 13.8 Å². The van der Waals surface area contributed by atoms with Crippen LogP contribution in [0, 0.1) is 0 Å². The molecule has 27 heavy (non-hydrogen) atoms. The molecule has 2 aromatic carbocycles. The van der Waals surface area contributed by atoms with E-state index in [0.29, 0.717) is 5.56 Å². The van der Waals surface area contributed by atoms with Gasteiger partial charge in [-0.05, 0) is 55.3 Å². The largest absolute Gasteiger partial charge is 0.480 e. The lowest BCUT2D eigenvalue weighted by Crippen LogP contribution is -2.26. The molecule has 1 heterocycles. The molecule has 0 aliphatic rings. The Morgan fingerprint density at radius 1 is 1.15 bits per heavy atom. The molecule has 0 saturated carbocycles. The van der Waals surface area contributed by atoms with Gasteiger partial charge in [0, 0.05) is 16.5 Å². The number of thioether (sulfide) groups is 1. The molecule has 0 aliphatic heterocycles. The van der Waals surface area contributed by atoms with E-state index in [4.69, 9.17) is 0 Å². The van der Waals surface area contributed by atoms with Crippen molar-refractivity contribution >= 4 is 28.6 Å². The topological polar surface area (TPSA) is 59.4 Å². The van der Waals surface area contributed by atoms with Crippen molar-refractivity contribution < 1.29 is 23.4 Å². The maximum absolute atomic E-state index is 12.5. The first-order valence-electron chi connectivity index (χ1n) is 8.13. The Labute approximate surface area is 159 Å². The van der Waals surface area contributed by atoms with Crippen molar-refractivity contribution in [3.8, 4) is 16.9 Å². The van der Waals surface area contributed by atoms with Crippen LogP contribution in [0.25, 0.3) is 22.0 Å². The standard InChI is InChI=1S/C20H17F2NO3S/c1-20(2,18(24)25)27-17-8-9-23-16-7-6-13(11-15(16)17)12-4-3-5-14(10-12)26-19(21)22/h3-11,19H,1-2H3,(H,24,25). The summed E-state index contributed by atoms with van der Waals surface area (Å²) in [7, 11) is 0. The molecule has 140 valence electrons. The molecular weight excluding hydrogens is 372 g/mol. The van der Waals surface area contributed by atoms with Crippen molar-refractivity contribution in [2.75, 3.05) is 0 Å². The summed E-state index contributed by atoms with van der Waals surface area (Å²) in [4.78, 5) is 16.6. The van der Waals surface area contributed by atoms with Crippen molar-refractivity contribution in [2.45, 2.75) is 30.1 Å². The van der Waals surface area contributed by atoms with Gasteiger partial charge in [-0.15, -0.1) is 11.8 Å². The van der Waals surface area contributed by atoms with E-state index in [2.05, 4.69) is 9.72 Å². The van der Waals surface area contributed by atoms with Gasteiger partial charge >= 0.3 is 12.6 Å². The highest BCUT2D eigenvalue weighted by Gasteiger charge is 2.29. The van der Waals surface area contributed by atoms with Gasteiger partial charge in [0.15, 0.2) is 0 Å². The SMILES string of the molecule is CC(C)(Sc1ccnc2ccc(-c3cccc(OC(F)F)c3)cc12)C(=O)O. The van der Waals surface area contributed by atoms with Crippen LogP contribution in [0.4, 0.5) is 8.78 Å². The molecule has 3 rings (SSSR count). The zero-order valence-corrected chi connectivity index (χ0v) is 15.5. The highest BCUT2D eigenvalue weighted by atomic mass is 32.2. The number of carbonyl (C=O) groups is 1. The number of ether oxygens (including phenoxy) is 1. The fraction of sp³-hybridized carbons (Fsp3) is 0.200. The van der Waals surface area contributed by atoms with Gasteiger partial charge in [0.2, 0.25) is 0 Å². The monoisotopic (exact) mass is 389 g/mol. The first-order chi connectivity index (χ1) is 12.8. The van der Waals surface area contributed by atoms with E-state index in [1.165, 1.54) is 23.9 Å². The minimum Gasteiger partial charge on any atom is -0.480 e. The summed E-state index contributed by atoms with van der Waals surface area (Å²) in [6, 6.07) is 13.8. The zero-order chi connectivity index (χ0) is 19.6. The number of aromatic nitrogens is 1. The van der Waals surface area contributed by atoms with E-state index >= 15 is 0 Å². The number of halogens is 2. The quantitative estimate of drug-likeness (QED) is 0.568.